The molecule has 1 aliphatic carbocycles. The van der Waals surface area contributed by atoms with Gasteiger partial charge >= 0.3 is 0 Å². The average Bonchev–Trinajstić information content (AvgIpc) is 2.84. The third-order valence-corrected chi connectivity index (χ3v) is 5.51. The van der Waals surface area contributed by atoms with Crippen molar-refractivity contribution in [1.29, 1.82) is 0 Å². The average molecular weight is 348 g/mol. The van der Waals surface area contributed by atoms with E-state index in [1.54, 1.807) is 4.68 Å². The highest BCUT2D eigenvalue weighted by molar-refractivity contribution is 7.81. The molecule has 23 heavy (non-hydrogen) atoms. The topological polar surface area (TPSA) is 29.9 Å². The maximum atomic E-state index is 6.34. The standard InChI is InChI=1S/C18H22ClN3S/c1-10-9-18(3,4)12-7-6-8-13(14(10)12)20-17(23)15-11(2)21-22(5)16(15)19/h6-8,10H,9H2,1-5H3,(H,20,23). The summed E-state index contributed by atoms with van der Waals surface area (Å²) in [7, 11) is 1.83. The van der Waals surface area contributed by atoms with Gasteiger partial charge in [0, 0.05) is 12.7 Å². The number of nitrogens with zero attached hydrogens (tertiary/aromatic N) is 2. The molecule has 1 unspecified atom stereocenters. The van der Waals surface area contributed by atoms with Crippen molar-refractivity contribution in [3.8, 4) is 0 Å². The lowest BCUT2D eigenvalue weighted by Crippen LogP contribution is -2.14. The van der Waals surface area contributed by atoms with Crippen LogP contribution < -0.4 is 5.32 Å². The van der Waals surface area contributed by atoms with Crippen LogP contribution in [-0.2, 0) is 12.5 Å². The molecule has 0 saturated carbocycles. The van der Waals surface area contributed by atoms with E-state index in [4.69, 9.17) is 23.8 Å². The van der Waals surface area contributed by atoms with E-state index in [1.165, 1.54) is 11.1 Å². The van der Waals surface area contributed by atoms with Crippen LogP contribution in [0.4, 0.5) is 5.69 Å². The Morgan fingerprint density at radius 2 is 2.13 bits per heavy atom. The number of anilines is 1. The van der Waals surface area contributed by atoms with Crippen LogP contribution in [0, 0.1) is 6.92 Å². The molecule has 122 valence electrons. The molecular weight excluding hydrogens is 326 g/mol. The monoisotopic (exact) mass is 347 g/mol. The number of thiocarbonyl (C=S) groups is 1. The highest BCUT2D eigenvalue weighted by Crippen LogP contribution is 2.48. The number of benzene rings is 1. The zero-order valence-corrected chi connectivity index (χ0v) is 15.8. The summed E-state index contributed by atoms with van der Waals surface area (Å²) in [4.78, 5) is 0.630. The van der Waals surface area contributed by atoms with Crippen molar-refractivity contribution >= 4 is 34.5 Å². The fourth-order valence-electron chi connectivity index (χ4n) is 3.85. The van der Waals surface area contributed by atoms with Gasteiger partial charge in [-0.3, -0.25) is 4.68 Å². The second-order valence-corrected chi connectivity index (χ2v) is 7.85. The first kappa shape index (κ1) is 16.5. The summed E-state index contributed by atoms with van der Waals surface area (Å²) in [5.41, 5.74) is 5.73. The quantitative estimate of drug-likeness (QED) is 0.779. The number of nitrogens with one attached hydrogen (secondary N) is 1. The van der Waals surface area contributed by atoms with E-state index in [1.807, 2.05) is 14.0 Å². The van der Waals surface area contributed by atoms with Gasteiger partial charge in [0.15, 0.2) is 0 Å². The highest BCUT2D eigenvalue weighted by atomic mass is 35.5. The Balaban J connectivity index is 1.99. The third-order valence-electron chi connectivity index (χ3n) is 4.77. The zero-order valence-electron chi connectivity index (χ0n) is 14.2. The summed E-state index contributed by atoms with van der Waals surface area (Å²) in [5.74, 6) is 0.511. The first-order chi connectivity index (χ1) is 10.7. The molecule has 1 aromatic carbocycles. The first-order valence-electron chi connectivity index (χ1n) is 7.86. The predicted octanol–water partition coefficient (Wildman–Crippen LogP) is 4.95. The van der Waals surface area contributed by atoms with E-state index in [9.17, 15) is 0 Å². The Kier molecular flexibility index (Phi) is 4.01. The molecule has 3 rings (SSSR count). The fraction of sp³-hybridized carbons (Fsp3) is 0.444. The minimum absolute atomic E-state index is 0.204. The molecule has 1 atom stereocenters. The fourth-order valence-corrected chi connectivity index (χ4v) is 4.52. The van der Waals surface area contributed by atoms with E-state index < -0.39 is 0 Å². The van der Waals surface area contributed by atoms with Crippen LogP contribution in [-0.4, -0.2) is 14.8 Å². The van der Waals surface area contributed by atoms with Crippen molar-refractivity contribution in [2.75, 3.05) is 5.32 Å². The molecule has 1 heterocycles. The van der Waals surface area contributed by atoms with E-state index in [0.29, 0.717) is 16.1 Å². The Morgan fingerprint density at radius 3 is 2.74 bits per heavy atom. The number of aryl methyl sites for hydroxylation is 2. The van der Waals surface area contributed by atoms with Crippen molar-refractivity contribution in [2.24, 2.45) is 7.05 Å². The van der Waals surface area contributed by atoms with E-state index in [0.717, 1.165) is 23.4 Å². The predicted molar refractivity (Wildman–Crippen MR) is 101 cm³/mol. The smallest absolute Gasteiger partial charge is 0.137 e. The second kappa shape index (κ2) is 5.60. The van der Waals surface area contributed by atoms with Crippen LogP contribution in [0.25, 0.3) is 0 Å². The molecule has 0 amide bonds. The van der Waals surface area contributed by atoms with Gasteiger partial charge in [-0.05, 0) is 41.9 Å². The minimum Gasteiger partial charge on any atom is -0.346 e. The molecule has 0 saturated heterocycles. The maximum Gasteiger partial charge on any atom is 0.137 e. The Hall–Kier alpha value is -1.39. The molecule has 2 aromatic rings. The van der Waals surface area contributed by atoms with E-state index in [-0.39, 0.29) is 5.41 Å². The van der Waals surface area contributed by atoms with Crippen molar-refractivity contribution < 1.29 is 0 Å². The van der Waals surface area contributed by atoms with Gasteiger partial charge in [0.05, 0.1) is 11.3 Å². The maximum absolute atomic E-state index is 6.34. The van der Waals surface area contributed by atoms with Crippen LogP contribution >= 0.6 is 23.8 Å². The lowest BCUT2D eigenvalue weighted by molar-refractivity contribution is 0.489. The molecule has 1 aromatic heterocycles. The number of hydrogen-bond donors (Lipinski definition) is 1. The molecule has 1 N–H and O–H groups in total. The number of fused-ring (bicyclic) bond motifs is 1. The van der Waals surface area contributed by atoms with Gasteiger partial charge in [-0.1, -0.05) is 56.7 Å². The molecule has 0 spiro atoms. The second-order valence-electron chi connectivity index (χ2n) is 7.08. The first-order valence-corrected chi connectivity index (χ1v) is 8.65. The SMILES string of the molecule is Cc1nn(C)c(Cl)c1C(=S)Nc1cccc2c1C(C)CC2(C)C. The van der Waals surface area contributed by atoms with Crippen molar-refractivity contribution in [3.63, 3.8) is 0 Å². The molecule has 0 fully saturated rings. The van der Waals surface area contributed by atoms with Crippen LogP contribution in [0.5, 0.6) is 0 Å². The summed E-state index contributed by atoms with van der Waals surface area (Å²) in [6, 6.07) is 6.43. The van der Waals surface area contributed by atoms with Crippen molar-refractivity contribution in [1.82, 2.24) is 9.78 Å². The number of rotatable bonds is 2. The van der Waals surface area contributed by atoms with Crippen LogP contribution in [0.1, 0.15) is 55.5 Å². The van der Waals surface area contributed by atoms with Gasteiger partial charge in [0.25, 0.3) is 0 Å². The third kappa shape index (κ3) is 2.68. The minimum atomic E-state index is 0.204. The summed E-state index contributed by atoms with van der Waals surface area (Å²) < 4.78 is 1.65. The summed E-state index contributed by atoms with van der Waals surface area (Å²) in [5, 5.41) is 8.33. The normalized spacial score (nSPS) is 18.8. The molecule has 1 aliphatic rings. The lowest BCUT2D eigenvalue weighted by Gasteiger charge is -2.19. The largest absolute Gasteiger partial charge is 0.346 e. The molecule has 0 bridgehead atoms. The van der Waals surface area contributed by atoms with E-state index in [2.05, 4.69) is 49.4 Å². The Labute approximate surface area is 148 Å². The van der Waals surface area contributed by atoms with Gasteiger partial charge in [-0.2, -0.15) is 5.10 Å². The van der Waals surface area contributed by atoms with Crippen molar-refractivity contribution in [2.45, 2.75) is 45.4 Å². The Bertz CT molecular complexity index is 792. The summed E-state index contributed by atoms with van der Waals surface area (Å²) in [6.07, 6.45) is 1.15. The zero-order chi connectivity index (χ0) is 16.9. The number of hydrogen-bond acceptors (Lipinski definition) is 2. The Morgan fingerprint density at radius 1 is 1.43 bits per heavy atom. The molecule has 3 nitrogen and oxygen atoms in total. The van der Waals surface area contributed by atoms with Crippen LogP contribution in [0.15, 0.2) is 18.2 Å². The number of halogens is 1. The molecule has 0 radical (unpaired) electrons. The summed E-state index contributed by atoms with van der Waals surface area (Å²) in [6.45, 7) is 8.82. The van der Waals surface area contributed by atoms with Crippen LogP contribution in [0.3, 0.4) is 0 Å². The van der Waals surface area contributed by atoms with Gasteiger partial charge in [0.2, 0.25) is 0 Å². The van der Waals surface area contributed by atoms with E-state index >= 15 is 0 Å². The van der Waals surface area contributed by atoms with Gasteiger partial charge in [0.1, 0.15) is 10.1 Å². The lowest BCUT2D eigenvalue weighted by atomic mass is 9.86. The van der Waals surface area contributed by atoms with Crippen molar-refractivity contribution in [3.05, 3.63) is 45.7 Å². The van der Waals surface area contributed by atoms with Gasteiger partial charge in [-0.15, -0.1) is 0 Å². The number of aromatic nitrogens is 2. The molecule has 0 aliphatic heterocycles. The summed E-state index contributed by atoms with van der Waals surface area (Å²) >= 11 is 11.9. The highest BCUT2D eigenvalue weighted by Gasteiger charge is 2.36. The molecular formula is C18H22ClN3S. The van der Waals surface area contributed by atoms with Crippen LogP contribution in [0.2, 0.25) is 5.15 Å². The van der Waals surface area contributed by atoms with Gasteiger partial charge < -0.3 is 5.32 Å². The molecule has 5 heteroatoms. The van der Waals surface area contributed by atoms with Gasteiger partial charge in [-0.25, -0.2) is 0 Å².